The number of rotatable bonds is 7. The van der Waals surface area contributed by atoms with E-state index in [1.54, 1.807) is 24.0 Å². The van der Waals surface area contributed by atoms with Gasteiger partial charge in [-0.25, -0.2) is 13.1 Å². The first kappa shape index (κ1) is 15.2. The van der Waals surface area contributed by atoms with E-state index in [0.29, 0.717) is 6.54 Å². The predicted molar refractivity (Wildman–Crippen MR) is 78.9 cm³/mol. The second-order valence-electron chi connectivity index (χ2n) is 4.35. The number of aryl methyl sites for hydroxylation is 1. The molecule has 0 spiro atoms. The molecule has 20 heavy (non-hydrogen) atoms. The summed E-state index contributed by atoms with van der Waals surface area (Å²) >= 11 is 1.43. The van der Waals surface area contributed by atoms with Crippen molar-refractivity contribution in [1.82, 2.24) is 19.6 Å². The van der Waals surface area contributed by atoms with Gasteiger partial charge in [0.15, 0.2) is 0 Å². The number of nitrogens with zero attached hydrogens (tertiary/aromatic N) is 2. The molecule has 0 amide bonds. The van der Waals surface area contributed by atoms with Crippen molar-refractivity contribution in [2.75, 3.05) is 6.54 Å². The summed E-state index contributed by atoms with van der Waals surface area (Å²) in [5, 5.41) is 3.18. The quantitative estimate of drug-likeness (QED) is 0.801. The fourth-order valence-electron chi connectivity index (χ4n) is 1.73. The van der Waals surface area contributed by atoms with Crippen molar-refractivity contribution < 1.29 is 8.42 Å². The molecule has 0 saturated heterocycles. The van der Waals surface area contributed by atoms with E-state index < -0.39 is 10.0 Å². The molecule has 0 atom stereocenters. The second kappa shape index (κ2) is 6.49. The second-order valence-corrected chi connectivity index (χ2v) is 7.09. The van der Waals surface area contributed by atoms with Crippen LogP contribution in [0.25, 0.3) is 0 Å². The van der Waals surface area contributed by atoms with Gasteiger partial charge in [0.25, 0.3) is 0 Å². The van der Waals surface area contributed by atoms with Gasteiger partial charge in [0.1, 0.15) is 0 Å². The summed E-state index contributed by atoms with van der Waals surface area (Å²) < 4.78 is 28.8. The van der Waals surface area contributed by atoms with E-state index in [9.17, 15) is 8.42 Å². The van der Waals surface area contributed by atoms with E-state index >= 15 is 0 Å². The van der Waals surface area contributed by atoms with Crippen LogP contribution in [0.1, 0.15) is 17.5 Å². The minimum absolute atomic E-state index is 0.268. The highest BCUT2D eigenvalue weighted by Gasteiger charge is 2.17. The zero-order valence-corrected chi connectivity index (χ0v) is 13.1. The number of sulfonamides is 1. The van der Waals surface area contributed by atoms with Gasteiger partial charge in [0.2, 0.25) is 10.0 Å². The molecule has 2 rings (SSSR count). The summed E-state index contributed by atoms with van der Waals surface area (Å²) in [5.74, 6) is 0. The molecule has 0 aliphatic rings. The van der Waals surface area contributed by atoms with Crippen LogP contribution in [-0.4, -0.2) is 24.5 Å². The normalized spacial score (nSPS) is 11.9. The Morgan fingerprint density at radius 2 is 2.20 bits per heavy atom. The maximum Gasteiger partial charge on any atom is 0.242 e. The largest absolute Gasteiger partial charge is 0.352 e. The molecule has 0 radical (unpaired) electrons. The van der Waals surface area contributed by atoms with Crippen LogP contribution in [0.3, 0.4) is 0 Å². The minimum atomic E-state index is -3.48. The van der Waals surface area contributed by atoms with Crippen LogP contribution in [0.2, 0.25) is 0 Å². The lowest BCUT2D eigenvalue weighted by atomic mass is 10.4. The molecule has 2 aromatic heterocycles. The van der Waals surface area contributed by atoms with E-state index in [4.69, 9.17) is 0 Å². The van der Waals surface area contributed by atoms with Gasteiger partial charge in [-0.3, -0.25) is 4.98 Å². The highest BCUT2D eigenvalue weighted by molar-refractivity contribution is 7.89. The monoisotopic (exact) mass is 314 g/mol. The first-order valence-electron chi connectivity index (χ1n) is 6.26. The topological polar surface area (TPSA) is 76.0 Å². The van der Waals surface area contributed by atoms with Gasteiger partial charge in [-0.2, -0.15) is 0 Å². The van der Waals surface area contributed by atoms with E-state index in [1.807, 2.05) is 18.5 Å². The van der Waals surface area contributed by atoms with Gasteiger partial charge < -0.3 is 9.88 Å². The molecule has 2 aromatic rings. The summed E-state index contributed by atoms with van der Waals surface area (Å²) in [4.78, 5) is 5.09. The number of nitrogens with one attached hydrogen (secondary N) is 2. The van der Waals surface area contributed by atoms with Crippen LogP contribution in [0.4, 0.5) is 0 Å². The standard InChI is InChI=1S/C12H18N4O2S2/c1-3-13-5-10-4-12(8-16(10)2)20(17,18)15-7-11-6-14-9-19-11/h4,6,8-9,13,15H,3,5,7H2,1-2H3. The van der Waals surface area contributed by atoms with Gasteiger partial charge in [-0.05, 0) is 12.6 Å². The first-order valence-corrected chi connectivity index (χ1v) is 8.62. The smallest absolute Gasteiger partial charge is 0.242 e. The Balaban J connectivity index is 2.09. The van der Waals surface area contributed by atoms with Crippen molar-refractivity contribution in [2.45, 2.75) is 24.9 Å². The molecule has 2 N–H and O–H groups in total. The van der Waals surface area contributed by atoms with E-state index in [0.717, 1.165) is 17.1 Å². The van der Waals surface area contributed by atoms with Crippen molar-refractivity contribution in [3.8, 4) is 0 Å². The van der Waals surface area contributed by atoms with Crippen molar-refractivity contribution in [1.29, 1.82) is 0 Å². The number of hydrogen-bond donors (Lipinski definition) is 2. The molecule has 0 aliphatic heterocycles. The van der Waals surface area contributed by atoms with Gasteiger partial charge in [-0.15, -0.1) is 11.3 Å². The molecule has 8 heteroatoms. The van der Waals surface area contributed by atoms with E-state index in [1.165, 1.54) is 11.3 Å². The minimum Gasteiger partial charge on any atom is -0.352 e. The summed E-state index contributed by atoms with van der Waals surface area (Å²) in [5.41, 5.74) is 2.62. The van der Waals surface area contributed by atoms with Crippen LogP contribution in [0.5, 0.6) is 0 Å². The lowest BCUT2D eigenvalue weighted by Gasteiger charge is -2.02. The van der Waals surface area contributed by atoms with Crippen molar-refractivity contribution in [3.05, 3.63) is 34.5 Å². The lowest BCUT2D eigenvalue weighted by Crippen LogP contribution is -2.22. The molecular weight excluding hydrogens is 296 g/mol. The average Bonchev–Trinajstić information content (AvgIpc) is 3.04. The molecule has 0 fully saturated rings. The van der Waals surface area contributed by atoms with E-state index in [-0.39, 0.29) is 11.4 Å². The van der Waals surface area contributed by atoms with Gasteiger partial charge >= 0.3 is 0 Å². The van der Waals surface area contributed by atoms with Crippen LogP contribution >= 0.6 is 11.3 Å². The fourth-order valence-corrected chi connectivity index (χ4v) is 3.46. The third-order valence-electron chi connectivity index (χ3n) is 2.87. The molecule has 0 saturated carbocycles. The zero-order valence-electron chi connectivity index (χ0n) is 11.5. The highest BCUT2D eigenvalue weighted by Crippen LogP contribution is 2.14. The number of aromatic nitrogens is 2. The maximum atomic E-state index is 12.2. The van der Waals surface area contributed by atoms with Crippen molar-refractivity contribution in [3.63, 3.8) is 0 Å². The van der Waals surface area contributed by atoms with Gasteiger partial charge in [-0.1, -0.05) is 6.92 Å². The van der Waals surface area contributed by atoms with Crippen LogP contribution in [0.15, 0.2) is 28.9 Å². The number of hydrogen-bond acceptors (Lipinski definition) is 5. The SMILES string of the molecule is CCNCc1cc(S(=O)(=O)NCc2cncs2)cn1C. The Hall–Kier alpha value is -1.22. The average molecular weight is 314 g/mol. The molecule has 0 aliphatic carbocycles. The van der Waals surface area contributed by atoms with Gasteiger partial charge in [0, 0.05) is 43.1 Å². The number of thiazole rings is 1. The zero-order chi connectivity index (χ0) is 14.6. The molecular formula is C12H18N4O2S2. The summed E-state index contributed by atoms with van der Waals surface area (Å²) in [6.07, 6.45) is 3.29. The maximum absolute atomic E-state index is 12.2. The molecule has 110 valence electrons. The third-order valence-corrected chi connectivity index (χ3v) is 5.02. The molecule has 0 bridgehead atoms. The van der Waals surface area contributed by atoms with E-state index in [2.05, 4.69) is 15.0 Å². The summed E-state index contributed by atoms with van der Waals surface area (Å²) in [6, 6.07) is 1.69. The molecule has 6 nitrogen and oxygen atoms in total. The Morgan fingerprint density at radius 1 is 1.40 bits per heavy atom. The summed E-state index contributed by atoms with van der Waals surface area (Å²) in [7, 11) is -1.64. The van der Waals surface area contributed by atoms with Crippen molar-refractivity contribution in [2.24, 2.45) is 7.05 Å². The fraction of sp³-hybridized carbons (Fsp3) is 0.417. The van der Waals surface area contributed by atoms with Crippen LogP contribution in [0, 0.1) is 0 Å². The molecule has 0 unspecified atom stereocenters. The van der Waals surface area contributed by atoms with Crippen LogP contribution in [-0.2, 0) is 30.2 Å². The first-order chi connectivity index (χ1) is 9.53. The Kier molecular flexibility index (Phi) is 4.92. The highest BCUT2D eigenvalue weighted by atomic mass is 32.2. The lowest BCUT2D eigenvalue weighted by molar-refractivity contribution is 0.581. The Bertz CT molecular complexity index is 647. The Labute approximate surface area is 122 Å². The van der Waals surface area contributed by atoms with Crippen molar-refractivity contribution >= 4 is 21.4 Å². The Morgan fingerprint density at radius 3 is 2.85 bits per heavy atom. The third kappa shape index (κ3) is 3.66. The summed E-state index contributed by atoms with van der Waals surface area (Å²) in [6.45, 7) is 3.77. The van der Waals surface area contributed by atoms with Gasteiger partial charge in [0.05, 0.1) is 10.4 Å². The predicted octanol–water partition coefficient (Wildman–Crippen LogP) is 1.07. The molecule has 0 aromatic carbocycles. The molecule has 2 heterocycles. The van der Waals surface area contributed by atoms with Crippen LogP contribution < -0.4 is 10.0 Å².